The summed E-state index contributed by atoms with van der Waals surface area (Å²) >= 11 is 6.07. The van der Waals surface area contributed by atoms with Crippen molar-refractivity contribution in [2.45, 2.75) is 6.54 Å². The Kier molecular flexibility index (Phi) is 4.94. The Morgan fingerprint density at radius 2 is 1.87 bits per heavy atom. The van der Waals surface area contributed by atoms with Crippen molar-refractivity contribution >= 4 is 17.3 Å². The number of benzene rings is 2. The number of rotatable bonds is 4. The maximum absolute atomic E-state index is 9.87. The summed E-state index contributed by atoms with van der Waals surface area (Å²) in [6.07, 6.45) is 0. The van der Waals surface area contributed by atoms with E-state index in [4.69, 9.17) is 16.3 Å². The molecule has 2 aromatic carbocycles. The van der Waals surface area contributed by atoms with E-state index in [1.165, 1.54) is 5.69 Å². The van der Waals surface area contributed by atoms with Crippen molar-refractivity contribution in [3.63, 3.8) is 0 Å². The minimum atomic E-state index is 0.197. The van der Waals surface area contributed by atoms with Crippen LogP contribution in [0.25, 0.3) is 0 Å². The molecule has 2 aromatic rings. The first-order valence-corrected chi connectivity index (χ1v) is 8.12. The number of methoxy groups -OCH3 is 1. The van der Waals surface area contributed by atoms with Crippen LogP contribution in [-0.4, -0.2) is 43.3 Å². The molecule has 0 radical (unpaired) electrons. The van der Waals surface area contributed by atoms with Crippen LogP contribution in [0.1, 0.15) is 5.56 Å². The van der Waals surface area contributed by atoms with Crippen molar-refractivity contribution in [1.82, 2.24) is 4.90 Å². The maximum atomic E-state index is 9.87. The number of phenols is 1. The van der Waals surface area contributed by atoms with Gasteiger partial charge in [-0.25, -0.2) is 0 Å². The third-order valence-electron chi connectivity index (χ3n) is 4.20. The Balaban J connectivity index is 1.58. The summed E-state index contributed by atoms with van der Waals surface area (Å²) in [6, 6.07) is 13.6. The molecule has 3 rings (SSSR count). The van der Waals surface area contributed by atoms with E-state index in [9.17, 15) is 5.11 Å². The average Bonchev–Trinajstić information content (AvgIpc) is 2.56. The Labute approximate surface area is 141 Å². The van der Waals surface area contributed by atoms with Crippen LogP contribution in [0.5, 0.6) is 11.5 Å². The van der Waals surface area contributed by atoms with E-state index in [0.29, 0.717) is 5.75 Å². The number of phenolic OH excluding ortho intramolecular Hbond substituents is 1. The predicted octanol–water partition coefficient (Wildman–Crippen LogP) is 3.38. The van der Waals surface area contributed by atoms with Crippen molar-refractivity contribution < 1.29 is 9.84 Å². The molecule has 1 N–H and O–H groups in total. The number of anilines is 1. The van der Waals surface area contributed by atoms with Crippen LogP contribution < -0.4 is 9.64 Å². The molecule has 4 nitrogen and oxygen atoms in total. The molecule has 1 fully saturated rings. The average molecular weight is 333 g/mol. The third kappa shape index (κ3) is 3.89. The van der Waals surface area contributed by atoms with Crippen LogP contribution in [-0.2, 0) is 6.54 Å². The molecular weight excluding hydrogens is 312 g/mol. The normalized spacial score (nSPS) is 15.7. The fraction of sp³-hybridized carbons (Fsp3) is 0.333. The van der Waals surface area contributed by atoms with Gasteiger partial charge in [0, 0.05) is 43.4 Å². The van der Waals surface area contributed by atoms with Crippen molar-refractivity contribution in [3.8, 4) is 11.5 Å². The minimum absolute atomic E-state index is 0.197. The van der Waals surface area contributed by atoms with E-state index in [-0.39, 0.29) is 5.75 Å². The fourth-order valence-corrected chi connectivity index (χ4v) is 3.11. The number of piperazine rings is 1. The summed E-state index contributed by atoms with van der Waals surface area (Å²) in [6.45, 7) is 4.75. The van der Waals surface area contributed by atoms with E-state index in [0.717, 1.165) is 43.3 Å². The van der Waals surface area contributed by atoms with Crippen LogP contribution in [0.4, 0.5) is 5.69 Å². The highest BCUT2D eigenvalue weighted by molar-refractivity contribution is 6.30. The molecule has 1 aliphatic rings. The quantitative estimate of drug-likeness (QED) is 0.931. The zero-order valence-corrected chi connectivity index (χ0v) is 14.0. The Morgan fingerprint density at radius 3 is 2.52 bits per heavy atom. The van der Waals surface area contributed by atoms with Gasteiger partial charge in [0.25, 0.3) is 0 Å². The highest BCUT2D eigenvalue weighted by Gasteiger charge is 2.18. The Morgan fingerprint density at radius 1 is 1.09 bits per heavy atom. The Hall–Kier alpha value is -1.91. The zero-order chi connectivity index (χ0) is 16.2. The van der Waals surface area contributed by atoms with Crippen molar-refractivity contribution in [3.05, 3.63) is 53.1 Å². The smallest absolute Gasteiger partial charge is 0.160 e. The molecule has 1 aliphatic heterocycles. The molecule has 0 aliphatic carbocycles. The van der Waals surface area contributed by atoms with E-state index < -0.39 is 0 Å². The summed E-state index contributed by atoms with van der Waals surface area (Å²) in [7, 11) is 1.56. The van der Waals surface area contributed by atoms with Crippen LogP contribution in [0.2, 0.25) is 5.02 Å². The lowest BCUT2D eigenvalue weighted by atomic mass is 10.1. The standard InChI is InChI=1S/C18H21ClN2O2/c1-23-18-6-5-14(11-17(18)22)13-20-7-9-21(10-8-20)16-4-2-3-15(19)12-16/h2-6,11-12,22H,7-10,13H2,1H3. The molecule has 0 atom stereocenters. The topological polar surface area (TPSA) is 35.9 Å². The van der Waals surface area contributed by atoms with Gasteiger partial charge in [0.15, 0.2) is 11.5 Å². The van der Waals surface area contributed by atoms with Gasteiger partial charge in [-0.3, -0.25) is 4.90 Å². The summed E-state index contributed by atoms with van der Waals surface area (Å²) in [4.78, 5) is 4.75. The van der Waals surface area contributed by atoms with Crippen molar-refractivity contribution in [1.29, 1.82) is 0 Å². The van der Waals surface area contributed by atoms with E-state index in [1.54, 1.807) is 13.2 Å². The molecule has 23 heavy (non-hydrogen) atoms. The van der Waals surface area contributed by atoms with Crippen LogP contribution in [0.3, 0.4) is 0 Å². The largest absolute Gasteiger partial charge is 0.504 e. The lowest BCUT2D eigenvalue weighted by Gasteiger charge is -2.36. The first kappa shape index (κ1) is 16.0. The van der Waals surface area contributed by atoms with E-state index >= 15 is 0 Å². The number of halogens is 1. The van der Waals surface area contributed by atoms with Gasteiger partial charge in [0.05, 0.1) is 7.11 Å². The third-order valence-corrected chi connectivity index (χ3v) is 4.43. The van der Waals surface area contributed by atoms with E-state index in [2.05, 4.69) is 15.9 Å². The summed E-state index contributed by atoms with van der Waals surface area (Å²) < 4.78 is 5.08. The highest BCUT2D eigenvalue weighted by Crippen LogP contribution is 2.27. The van der Waals surface area contributed by atoms with Crippen molar-refractivity contribution in [2.24, 2.45) is 0 Å². The van der Waals surface area contributed by atoms with Gasteiger partial charge >= 0.3 is 0 Å². The van der Waals surface area contributed by atoms with Gasteiger partial charge in [-0.15, -0.1) is 0 Å². The number of nitrogens with zero attached hydrogens (tertiary/aromatic N) is 2. The first-order chi connectivity index (χ1) is 11.2. The molecule has 1 saturated heterocycles. The second-order valence-corrected chi connectivity index (χ2v) is 6.19. The molecule has 0 unspecified atom stereocenters. The van der Waals surface area contributed by atoms with Gasteiger partial charge in [-0.1, -0.05) is 23.7 Å². The summed E-state index contributed by atoms with van der Waals surface area (Å²) in [5, 5.41) is 10.6. The predicted molar refractivity (Wildman–Crippen MR) is 93.6 cm³/mol. The summed E-state index contributed by atoms with van der Waals surface area (Å²) in [5.74, 6) is 0.710. The van der Waals surface area contributed by atoms with Crippen LogP contribution in [0, 0.1) is 0 Å². The SMILES string of the molecule is COc1ccc(CN2CCN(c3cccc(Cl)c3)CC2)cc1O. The maximum Gasteiger partial charge on any atom is 0.160 e. The number of hydrogen-bond donors (Lipinski definition) is 1. The summed E-state index contributed by atoms with van der Waals surface area (Å²) in [5.41, 5.74) is 2.28. The molecule has 0 bridgehead atoms. The minimum Gasteiger partial charge on any atom is -0.504 e. The van der Waals surface area contributed by atoms with Gasteiger partial charge in [-0.05, 0) is 35.9 Å². The van der Waals surface area contributed by atoms with Gasteiger partial charge in [0.2, 0.25) is 0 Å². The number of ether oxygens (including phenoxy) is 1. The molecule has 1 heterocycles. The second kappa shape index (κ2) is 7.11. The molecule has 5 heteroatoms. The second-order valence-electron chi connectivity index (χ2n) is 5.75. The molecule has 0 spiro atoms. The van der Waals surface area contributed by atoms with Gasteiger partial charge in [0.1, 0.15) is 0 Å². The van der Waals surface area contributed by atoms with Crippen LogP contribution in [0.15, 0.2) is 42.5 Å². The van der Waals surface area contributed by atoms with Crippen molar-refractivity contribution in [2.75, 3.05) is 38.2 Å². The van der Waals surface area contributed by atoms with E-state index in [1.807, 2.05) is 30.3 Å². The Bertz CT molecular complexity index is 670. The number of aromatic hydroxyl groups is 1. The van der Waals surface area contributed by atoms with Gasteiger partial charge < -0.3 is 14.7 Å². The molecule has 122 valence electrons. The molecule has 0 amide bonds. The number of hydrogen-bond acceptors (Lipinski definition) is 4. The van der Waals surface area contributed by atoms with Crippen LogP contribution >= 0.6 is 11.6 Å². The lowest BCUT2D eigenvalue weighted by Crippen LogP contribution is -2.45. The first-order valence-electron chi connectivity index (χ1n) is 7.74. The molecular formula is C18H21ClN2O2. The molecule has 0 saturated carbocycles. The fourth-order valence-electron chi connectivity index (χ4n) is 2.93. The zero-order valence-electron chi connectivity index (χ0n) is 13.2. The molecule has 0 aromatic heterocycles. The highest BCUT2D eigenvalue weighted by atomic mass is 35.5. The van der Waals surface area contributed by atoms with Gasteiger partial charge in [-0.2, -0.15) is 0 Å². The lowest BCUT2D eigenvalue weighted by molar-refractivity contribution is 0.249. The monoisotopic (exact) mass is 332 g/mol.